The normalized spacial score (nSPS) is 18.2. The lowest BCUT2D eigenvalue weighted by Gasteiger charge is -2.36. The molecule has 5 rings (SSSR count). The minimum atomic E-state index is 0.131. The maximum atomic E-state index is 13.1. The number of rotatable bonds is 3. The Labute approximate surface area is 181 Å². The summed E-state index contributed by atoms with van der Waals surface area (Å²) in [7, 11) is 0. The van der Waals surface area contributed by atoms with E-state index in [1.807, 2.05) is 29.2 Å². The lowest BCUT2D eigenvalue weighted by atomic mass is 10.00. The molecule has 3 aromatic rings. The van der Waals surface area contributed by atoms with E-state index < -0.39 is 0 Å². The molecule has 1 aromatic heterocycles. The van der Waals surface area contributed by atoms with Gasteiger partial charge in [-0.3, -0.25) is 4.79 Å². The third-order valence-corrected chi connectivity index (χ3v) is 7.45. The second-order valence-electron chi connectivity index (χ2n) is 8.46. The summed E-state index contributed by atoms with van der Waals surface area (Å²) in [5.74, 6) is 0.938. The van der Waals surface area contributed by atoms with Gasteiger partial charge in [-0.15, -0.1) is 0 Å². The van der Waals surface area contributed by atoms with Crippen molar-refractivity contribution in [3.63, 3.8) is 0 Å². The number of hydrogen-bond acceptors (Lipinski definition) is 5. The number of carbonyl (C=O) groups excluding carboxylic acids is 1. The Balaban J connectivity index is 1.27. The van der Waals surface area contributed by atoms with Gasteiger partial charge in [0.1, 0.15) is 0 Å². The van der Waals surface area contributed by atoms with Gasteiger partial charge < -0.3 is 14.7 Å². The maximum absolute atomic E-state index is 13.1. The minimum Gasteiger partial charge on any atom is -0.368 e. The molecule has 2 aromatic carbocycles. The zero-order chi connectivity index (χ0) is 20.5. The summed E-state index contributed by atoms with van der Waals surface area (Å²) in [6, 6.07) is 16.4. The van der Waals surface area contributed by atoms with Crippen molar-refractivity contribution in [2.24, 2.45) is 5.92 Å². The molecule has 3 heterocycles. The van der Waals surface area contributed by atoms with Crippen molar-refractivity contribution in [2.75, 3.05) is 49.1 Å². The number of para-hydroxylation sites is 1. The van der Waals surface area contributed by atoms with Gasteiger partial charge in [-0.2, -0.15) is 0 Å². The molecular formula is C24H28N4OS. The first-order chi connectivity index (χ1) is 14.7. The van der Waals surface area contributed by atoms with E-state index in [-0.39, 0.29) is 5.91 Å². The Morgan fingerprint density at radius 3 is 2.40 bits per heavy atom. The van der Waals surface area contributed by atoms with Crippen LogP contribution in [0.25, 0.3) is 10.2 Å². The second-order valence-corrected chi connectivity index (χ2v) is 9.47. The van der Waals surface area contributed by atoms with Crippen molar-refractivity contribution in [3.05, 3.63) is 54.1 Å². The molecule has 0 unspecified atom stereocenters. The van der Waals surface area contributed by atoms with E-state index in [0.29, 0.717) is 0 Å². The van der Waals surface area contributed by atoms with Gasteiger partial charge in [0.05, 0.1) is 10.2 Å². The first kappa shape index (κ1) is 19.4. The van der Waals surface area contributed by atoms with Crippen LogP contribution in [-0.4, -0.2) is 55.1 Å². The van der Waals surface area contributed by atoms with Gasteiger partial charge in [-0.05, 0) is 49.1 Å². The van der Waals surface area contributed by atoms with Gasteiger partial charge in [0.2, 0.25) is 0 Å². The third-order valence-electron chi connectivity index (χ3n) is 6.37. The van der Waals surface area contributed by atoms with Crippen molar-refractivity contribution in [1.29, 1.82) is 0 Å². The molecular weight excluding hydrogens is 392 g/mol. The zero-order valence-corrected chi connectivity index (χ0v) is 18.3. The number of fused-ring (bicyclic) bond motifs is 1. The Hall–Kier alpha value is -2.60. The first-order valence-corrected chi connectivity index (χ1v) is 11.7. The van der Waals surface area contributed by atoms with Crippen LogP contribution < -0.4 is 9.80 Å². The third kappa shape index (κ3) is 3.88. The van der Waals surface area contributed by atoms with Gasteiger partial charge >= 0.3 is 0 Å². The number of hydrogen-bond donors (Lipinski definition) is 0. The highest BCUT2D eigenvalue weighted by Crippen LogP contribution is 2.32. The Kier molecular flexibility index (Phi) is 5.34. The summed E-state index contributed by atoms with van der Waals surface area (Å²) in [6.45, 7) is 7.74. The molecule has 6 heteroatoms. The average molecular weight is 421 g/mol. The summed E-state index contributed by atoms with van der Waals surface area (Å²) in [6.07, 6.45) is 2.46. The standard InChI is InChI=1S/C24H28N4OS/c1-18-9-11-28(12-10-18)24-25-21-8-7-19(17-22(21)30-24)23(29)27-15-13-26(14-16-27)20-5-3-2-4-6-20/h2-8,17-18H,9-16H2,1H3. The summed E-state index contributed by atoms with van der Waals surface area (Å²) in [5, 5.41) is 1.10. The monoisotopic (exact) mass is 420 g/mol. The SMILES string of the molecule is CC1CCN(c2nc3ccc(C(=O)N4CCN(c5ccccc5)CC4)cc3s2)CC1. The summed E-state index contributed by atoms with van der Waals surface area (Å²) in [5.41, 5.74) is 3.01. The number of benzene rings is 2. The van der Waals surface area contributed by atoms with Crippen LogP contribution in [0.1, 0.15) is 30.1 Å². The van der Waals surface area contributed by atoms with Crippen molar-refractivity contribution in [1.82, 2.24) is 9.88 Å². The van der Waals surface area contributed by atoms with Gasteiger partial charge in [-0.25, -0.2) is 4.98 Å². The molecule has 0 bridgehead atoms. The Morgan fingerprint density at radius 2 is 1.67 bits per heavy atom. The number of thiazole rings is 1. The van der Waals surface area contributed by atoms with Crippen LogP contribution in [0, 0.1) is 5.92 Å². The van der Waals surface area contributed by atoms with Crippen molar-refractivity contribution in [2.45, 2.75) is 19.8 Å². The highest BCUT2D eigenvalue weighted by molar-refractivity contribution is 7.22. The summed E-state index contributed by atoms with van der Waals surface area (Å²) < 4.78 is 1.11. The molecule has 0 spiro atoms. The minimum absolute atomic E-state index is 0.131. The van der Waals surface area contributed by atoms with Crippen LogP contribution in [0.4, 0.5) is 10.8 Å². The predicted octanol–water partition coefficient (Wildman–Crippen LogP) is 4.50. The van der Waals surface area contributed by atoms with E-state index in [1.54, 1.807) is 11.3 Å². The highest BCUT2D eigenvalue weighted by atomic mass is 32.1. The number of aromatic nitrogens is 1. The van der Waals surface area contributed by atoms with Crippen molar-refractivity contribution >= 4 is 38.3 Å². The van der Waals surface area contributed by atoms with E-state index in [9.17, 15) is 4.79 Å². The smallest absolute Gasteiger partial charge is 0.254 e. The van der Waals surface area contributed by atoms with Gasteiger partial charge in [0.25, 0.3) is 5.91 Å². The number of piperidine rings is 1. The van der Waals surface area contributed by atoms with Crippen LogP contribution in [0.2, 0.25) is 0 Å². The lowest BCUT2D eigenvalue weighted by Crippen LogP contribution is -2.48. The maximum Gasteiger partial charge on any atom is 0.254 e. The zero-order valence-electron chi connectivity index (χ0n) is 17.5. The molecule has 0 radical (unpaired) electrons. The van der Waals surface area contributed by atoms with Gasteiger partial charge in [0, 0.05) is 50.5 Å². The van der Waals surface area contributed by atoms with Crippen LogP contribution >= 0.6 is 11.3 Å². The molecule has 0 atom stereocenters. The number of carbonyl (C=O) groups is 1. The molecule has 2 aliphatic rings. The molecule has 5 nitrogen and oxygen atoms in total. The number of piperazine rings is 1. The Bertz CT molecular complexity index is 1020. The van der Waals surface area contributed by atoms with E-state index in [4.69, 9.17) is 4.98 Å². The lowest BCUT2D eigenvalue weighted by molar-refractivity contribution is 0.0747. The molecule has 2 saturated heterocycles. The van der Waals surface area contributed by atoms with Crippen LogP contribution in [-0.2, 0) is 0 Å². The summed E-state index contributed by atoms with van der Waals surface area (Å²) in [4.78, 5) is 24.7. The first-order valence-electron chi connectivity index (χ1n) is 10.9. The predicted molar refractivity (Wildman–Crippen MR) is 125 cm³/mol. The number of nitrogens with zero attached hydrogens (tertiary/aromatic N) is 4. The topological polar surface area (TPSA) is 39.7 Å². The largest absolute Gasteiger partial charge is 0.368 e. The average Bonchev–Trinajstić information content (AvgIpc) is 3.23. The fourth-order valence-electron chi connectivity index (χ4n) is 4.37. The van der Waals surface area contributed by atoms with Gasteiger partial charge in [-0.1, -0.05) is 36.5 Å². The van der Waals surface area contributed by atoms with Gasteiger partial charge in [0.15, 0.2) is 5.13 Å². The van der Waals surface area contributed by atoms with E-state index in [1.165, 1.54) is 18.5 Å². The quantitative estimate of drug-likeness (QED) is 0.626. The second kappa shape index (κ2) is 8.26. The van der Waals surface area contributed by atoms with Crippen molar-refractivity contribution < 1.29 is 4.79 Å². The molecule has 156 valence electrons. The summed E-state index contributed by atoms with van der Waals surface area (Å²) >= 11 is 1.72. The fourth-order valence-corrected chi connectivity index (χ4v) is 5.43. The molecule has 0 aliphatic carbocycles. The molecule has 1 amide bonds. The molecule has 0 N–H and O–H groups in total. The van der Waals surface area contributed by atoms with E-state index in [0.717, 1.165) is 66.1 Å². The highest BCUT2D eigenvalue weighted by Gasteiger charge is 2.23. The van der Waals surface area contributed by atoms with E-state index >= 15 is 0 Å². The number of amides is 1. The molecule has 2 aliphatic heterocycles. The van der Waals surface area contributed by atoms with E-state index in [2.05, 4.69) is 41.0 Å². The van der Waals surface area contributed by atoms with Crippen molar-refractivity contribution in [3.8, 4) is 0 Å². The molecule has 2 fully saturated rings. The fraction of sp³-hybridized carbons (Fsp3) is 0.417. The molecule has 30 heavy (non-hydrogen) atoms. The molecule has 0 saturated carbocycles. The van der Waals surface area contributed by atoms with Crippen LogP contribution in [0.3, 0.4) is 0 Å². The Morgan fingerprint density at radius 1 is 0.933 bits per heavy atom. The van der Waals surface area contributed by atoms with Crippen LogP contribution in [0.5, 0.6) is 0 Å². The van der Waals surface area contributed by atoms with Crippen LogP contribution in [0.15, 0.2) is 48.5 Å². The number of anilines is 2.